The molecule has 0 atom stereocenters. The van der Waals surface area contributed by atoms with Gasteiger partial charge in [0.1, 0.15) is 6.07 Å². The zero-order valence-corrected chi connectivity index (χ0v) is 18.7. The molecule has 0 fully saturated rings. The van der Waals surface area contributed by atoms with Gasteiger partial charge in [-0.05, 0) is 46.6 Å². The minimum atomic E-state index is 0.255. The van der Waals surface area contributed by atoms with Crippen molar-refractivity contribution in [3.05, 3.63) is 108 Å². The minimum Gasteiger partial charge on any atom is -0.397 e. The maximum Gasteiger partial charge on any atom is 0.223 e. The Morgan fingerprint density at radius 1 is 0.706 bits per heavy atom. The maximum atomic E-state index is 8.75. The number of pyridine rings is 1. The zero-order chi connectivity index (χ0) is 23.5. The van der Waals surface area contributed by atoms with Crippen LogP contribution in [0, 0.1) is 11.3 Å². The molecule has 6 heteroatoms. The SMILES string of the molecule is Clc1nc(-c2ccncc2)c2ccc3ccccc3c2n1.N#Cc1ccc2ccccc2c1N. The van der Waals surface area contributed by atoms with E-state index in [1.165, 1.54) is 0 Å². The number of benzene rings is 4. The van der Waals surface area contributed by atoms with Crippen LogP contribution >= 0.6 is 11.6 Å². The van der Waals surface area contributed by atoms with Gasteiger partial charge < -0.3 is 5.73 Å². The molecule has 0 aliphatic heterocycles. The van der Waals surface area contributed by atoms with Crippen LogP contribution in [0.3, 0.4) is 0 Å². The van der Waals surface area contributed by atoms with Crippen molar-refractivity contribution in [1.29, 1.82) is 5.26 Å². The fourth-order valence-corrected chi connectivity index (χ4v) is 4.13. The number of nitrogens with zero attached hydrogens (tertiary/aromatic N) is 4. The van der Waals surface area contributed by atoms with E-state index < -0.39 is 0 Å². The summed E-state index contributed by atoms with van der Waals surface area (Å²) in [6.45, 7) is 0. The van der Waals surface area contributed by atoms with Gasteiger partial charge in [-0.3, -0.25) is 4.98 Å². The van der Waals surface area contributed by atoms with E-state index >= 15 is 0 Å². The van der Waals surface area contributed by atoms with Gasteiger partial charge in [0.2, 0.25) is 5.28 Å². The van der Waals surface area contributed by atoms with Crippen molar-refractivity contribution in [3.63, 3.8) is 0 Å². The van der Waals surface area contributed by atoms with E-state index in [2.05, 4.69) is 39.2 Å². The summed E-state index contributed by atoms with van der Waals surface area (Å²) < 4.78 is 0. The molecule has 0 amide bonds. The predicted molar refractivity (Wildman–Crippen MR) is 138 cm³/mol. The van der Waals surface area contributed by atoms with Gasteiger partial charge in [0.15, 0.2) is 0 Å². The van der Waals surface area contributed by atoms with Crippen molar-refractivity contribution in [2.45, 2.75) is 0 Å². The highest BCUT2D eigenvalue weighted by atomic mass is 35.5. The number of anilines is 1. The molecular formula is C28H18ClN5. The highest BCUT2D eigenvalue weighted by Crippen LogP contribution is 2.31. The van der Waals surface area contributed by atoms with Crippen LogP contribution in [-0.2, 0) is 0 Å². The number of nitriles is 1. The summed E-state index contributed by atoms with van der Waals surface area (Å²) >= 11 is 6.14. The van der Waals surface area contributed by atoms with Gasteiger partial charge in [0.05, 0.1) is 22.5 Å². The Hall–Kier alpha value is -4.53. The second-order valence-corrected chi connectivity index (χ2v) is 7.96. The smallest absolute Gasteiger partial charge is 0.223 e. The summed E-state index contributed by atoms with van der Waals surface area (Å²) in [5.41, 5.74) is 9.61. The summed E-state index contributed by atoms with van der Waals surface area (Å²) in [6, 6.07) is 29.6. The molecule has 2 aromatic heterocycles. The Morgan fingerprint density at radius 3 is 2.09 bits per heavy atom. The van der Waals surface area contributed by atoms with Gasteiger partial charge in [-0.1, -0.05) is 60.7 Å². The molecule has 0 spiro atoms. The molecule has 0 radical (unpaired) electrons. The summed E-state index contributed by atoms with van der Waals surface area (Å²) in [6.07, 6.45) is 3.50. The van der Waals surface area contributed by atoms with Crippen LogP contribution in [0.4, 0.5) is 5.69 Å². The lowest BCUT2D eigenvalue weighted by atomic mass is 10.0. The summed E-state index contributed by atoms with van der Waals surface area (Å²) in [4.78, 5) is 12.9. The largest absolute Gasteiger partial charge is 0.397 e. The number of fused-ring (bicyclic) bond motifs is 4. The van der Waals surface area contributed by atoms with E-state index in [-0.39, 0.29) is 5.28 Å². The third-order valence-corrected chi connectivity index (χ3v) is 5.78. The van der Waals surface area contributed by atoms with Gasteiger partial charge in [-0.15, -0.1) is 0 Å². The van der Waals surface area contributed by atoms with Crippen molar-refractivity contribution < 1.29 is 0 Å². The van der Waals surface area contributed by atoms with E-state index in [0.29, 0.717) is 11.3 Å². The average Bonchev–Trinajstić information content (AvgIpc) is 2.89. The molecule has 2 N–H and O–H groups in total. The Labute approximate surface area is 201 Å². The van der Waals surface area contributed by atoms with Crippen molar-refractivity contribution in [1.82, 2.24) is 15.0 Å². The minimum absolute atomic E-state index is 0.255. The number of hydrogen-bond acceptors (Lipinski definition) is 5. The molecule has 0 aliphatic rings. The molecular weight excluding hydrogens is 442 g/mol. The van der Waals surface area contributed by atoms with Gasteiger partial charge >= 0.3 is 0 Å². The van der Waals surface area contributed by atoms with Gasteiger partial charge in [-0.25, -0.2) is 9.97 Å². The Morgan fingerprint density at radius 2 is 1.35 bits per heavy atom. The monoisotopic (exact) mass is 459 g/mol. The molecule has 6 rings (SSSR count). The van der Waals surface area contributed by atoms with Gasteiger partial charge in [0.25, 0.3) is 0 Å². The summed E-state index contributed by atoms with van der Waals surface area (Å²) in [5.74, 6) is 0. The lowest BCUT2D eigenvalue weighted by Gasteiger charge is -2.08. The summed E-state index contributed by atoms with van der Waals surface area (Å²) in [5, 5.41) is 14.2. The van der Waals surface area contributed by atoms with Crippen LogP contribution in [0.2, 0.25) is 5.28 Å². The molecule has 0 saturated heterocycles. The van der Waals surface area contributed by atoms with Crippen molar-refractivity contribution in [2.24, 2.45) is 0 Å². The van der Waals surface area contributed by atoms with E-state index in [0.717, 1.165) is 43.7 Å². The number of nitrogens with two attached hydrogens (primary N) is 1. The third-order valence-electron chi connectivity index (χ3n) is 5.61. The lowest BCUT2D eigenvalue weighted by molar-refractivity contribution is 1.22. The zero-order valence-electron chi connectivity index (χ0n) is 18.0. The second-order valence-electron chi connectivity index (χ2n) is 7.62. The van der Waals surface area contributed by atoms with Crippen LogP contribution < -0.4 is 5.73 Å². The Kier molecular flexibility index (Phi) is 5.73. The van der Waals surface area contributed by atoms with E-state index in [1.807, 2.05) is 60.7 Å². The van der Waals surface area contributed by atoms with Crippen LogP contribution in [-0.4, -0.2) is 15.0 Å². The molecule has 0 bridgehead atoms. The number of nitrogen functional groups attached to an aromatic ring is 1. The number of aromatic nitrogens is 3. The van der Waals surface area contributed by atoms with E-state index in [1.54, 1.807) is 18.5 Å². The standard InChI is InChI=1S/C17H10ClN3.C11H8N2/c18-17-20-15(12-7-9-19-10-8-12)14-6-5-11-3-1-2-4-13(11)16(14)21-17;12-7-9-6-5-8-3-1-2-4-10(8)11(9)13/h1-10H;1-6H,13H2. The van der Waals surface area contributed by atoms with Gasteiger partial charge in [0, 0.05) is 34.1 Å². The first-order valence-corrected chi connectivity index (χ1v) is 11.0. The number of rotatable bonds is 1. The fourth-order valence-electron chi connectivity index (χ4n) is 3.96. The molecule has 0 unspecified atom stereocenters. The van der Waals surface area contributed by atoms with Crippen LogP contribution in [0.5, 0.6) is 0 Å². The van der Waals surface area contributed by atoms with Crippen LogP contribution in [0.1, 0.15) is 5.56 Å². The molecule has 5 nitrogen and oxygen atoms in total. The number of halogens is 1. The normalized spacial score (nSPS) is 10.6. The highest BCUT2D eigenvalue weighted by Gasteiger charge is 2.11. The predicted octanol–water partition coefficient (Wildman–Crippen LogP) is 6.79. The van der Waals surface area contributed by atoms with Crippen molar-refractivity contribution in [2.75, 3.05) is 5.73 Å². The Bertz CT molecular complexity index is 1690. The molecule has 6 aromatic rings. The van der Waals surface area contributed by atoms with Crippen molar-refractivity contribution in [3.8, 4) is 17.3 Å². The Balaban J connectivity index is 0.000000159. The van der Waals surface area contributed by atoms with Gasteiger partial charge in [-0.2, -0.15) is 5.26 Å². The first-order chi connectivity index (χ1) is 16.7. The lowest BCUT2D eigenvalue weighted by Crippen LogP contribution is -1.92. The van der Waals surface area contributed by atoms with Crippen molar-refractivity contribution >= 4 is 49.7 Å². The molecule has 4 aromatic carbocycles. The molecule has 162 valence electrons. The maximum absolute atomic E-state index is 8.75. The molecule has 0 aliphatic carbocycles. The fraction of sp³-hybridized carbons (Fsp3) is 0. The quantitative estimate of drug-likeness (QED) is 0.166. The van der Waals surface area contributed by atoms with E-state index in [9.17, 15) is 0 Å². The summed E-state index contributed by atoms with van der Waals surface area (Å²) in [7, 11) is 0. The molecule has 0 saturated carbocycles. The topological polar surface area (TPSA) is 88.5 Å². The average molecular weight is 460 g/mol. The molecule has 2 heterocycles. The van der Waals surface area contributed by atoms with Crippen LogP contribution in [0.25, 0.3) is 43.7 Å². The van der Waals surface area contributed by atoms with E-state index in [4.69, 9.17) is 22.6 Å². The highest BCUT2D eigenvalue weighted by molar-refractivity contribution is 6.29. The third kappa shape index (κ3) is 3.99. The number of hydrogen-bond donors (Lipinski definition) is 1. The molecule has 34 heavy (non-hydrogen) atoms. The first kappa shape index (κ1) is 21.3. The first-order valence-electron chi connectivity index (χ1n) is 10.6. The second kappa shape index (κ2) is 9.14. The van der Waals surface area contributed by atoms with Crippen LogP contribution in [0.15, 0.2) is 97.3 Å².